The highest BCUT2D eigenvalue weighted by atomic mass is 19.1. The third kappa shape index (κ3) is 3.53. The first-order chi connectivity index (χ1) is 9.22. The number of carbonyl (C=O) groups is 1. The molecular formula is C15H21FN2O. The minimum atomic E-state index is -0.331. The molecule has 19 heavy (non-hydrogen) atoms. The number of hydrogen-bond donors (Lipinski definition) is 1. The largest absolute Gasteiger partial charge is 0.317 e. The number of halogens is 1. The zero-order valence-corrected chi connectivity index (χ0v) is 11.4. The summed E-state index contributed by atoms with van der Waals surface area (Å²) in [5.41, 5.74) is 0.393. The van der Waals surface area contributed by atoms with Crippen molar-refractivity contribution in [2.24, 2.45) is 5.92 Å². The molecule has 2 rings (SSSR count). The lowest BCUT2D eigenvalue weighted by Gasteiger charge is -2.26. The first kappa shape index (κ1) is 14.0. The van der Waals surface area contributed by atoms with Crippen LogP contribution in [0.15, 0.2) is 24.3 Å². The lowest BCUT2D eigenvalue weighted by Crippen LogP contribution is -2.35. The van der Waals surface area contributed by atoms with Crippen molar-refractivity contribution in [3.8, 4) is 0 Å². The molecule has 0 aliphatic carbocycles. The van der Waals surface area contributed by atoms with Crippen molar-refractivity contribution < 1.29 is 9.18 Å². The van der Waals surface area contributed by atoms with Crippen molar-refractivity contribution in [2.45, 2.75) is 26.2 Å². The van der Waals surface area contributed by atoms with Crippen LogP contribution in [0.3, 0.4) is 0 Å². The highest BCUT2D eigenvalue weighted by Gasteiger charge is 2.22. The molecule has 1 fully saturated rings. The normalized spacial score (nSPS) is 16.3. The third-order valence-corrected chi connectivity index (χ3v) is 3.68. The Bertz CT molecular complexity index is 430. The molecule has 3 nitrogen and oxygen atoms in total. The fourth-order valence-corrected chi connectivity index (χ4v) is 2.59. The Morgan fingerprint density at radius 2 is 2.05 bits per heavy atom. The lowest BCUT2D eigenvalue weighted by atomic mass is 9.94. The molecule has 0 atom stereocenters. The Balaban J connectivity index is 2.04. The zero-order chi connectivity index (χ0) is 13.7. The second kappa shape index (κ2) is 6.66. The number of nitrogens with zero attached hydrogens (tertiary/aromatic N) is 1. The number of benzene rings is 1. The van der Waals surface area contributed by atoms with Crippen LogP contribution in [-0.2, 0) is 4.79 Å². The van der Waals surface area contributed by atoms with Crippen LogP contribution in [0.5, 0.6) is 0 Å². The molecule has 1 aliphatic heterocycles. The first-order valence-electron chi connectivity index (χ1n) is 6.98. The van der Waals surface area contributed by atoms with Gasteiger partial charge < -0.3 is 10.2 Å². The Kier molecular flexibility index (Phi) is 4.91. The molecule has 104 valence electrons. The van der Waals surface area contributed by atoms with E-state index in [1.807, 2.05) is 6.92 Å². The highest BCUT2D eigenvalue weighted by Crippen LogP contribution is 2.23. The zero-order valence-electron chi connectivity index (χ0n) is 11.4. The van der Waals surface area contributed by atoms with Crippen LogP contribution in [-0.4, -0.2) is 25.5 Å². The van der Waals surface area contributed by atoms with Crippen molar-refractivity contribution >= 4 is 11.6 Å². The molecule has 1 aromatic rings. The predicted molar refractivity (Wildman–Crippen MR) is 74.6 cm³/mol. The van der Waals surface area contributed by atoms with E-state index in [0.717, 1.165) is 25.9 Å². The van der Waals surface area contributed by atoms with Crippen LogP contribution in [0, 0.1) is 11.7 Å². The van der Waals surface area contributed by atoms with Crippen molar-refractivity contribution in [1.82, 2.24) is 5.32 Å². The third-order valence-electron chi connectivity index (χ3n) is 3.68. The molecule has 0 unspecified atom stereocenters. The van der Waals surface area contributed by atoms with E-state index in [1.165, 1.54) is 6.07 Å². The second-order valence-electron chi connectivity index (χ2n) is 4.99. The summed E-state index contributed by atoms with van der Waals surface area (Å²) in [4.78, 5) is 13.9. The van der Waals surface area contributed by atoms with Gasteiger partial charge in [0, 0.05) is 13.0 Å². The van der Waals surface area contributed by atoms with Gasteiger partial charge in [-0.3, -0.25) is 4.79 Å². The van der Waals surface area contributed by atoms with Crippen molar-refractivity contribution in [3.05, 3.63) is 30.1 Å². The van der Waals surface area contributed by atoms with Gasteiger partial charge in [-0.1, -0.05) is 12.1 Å². The van der Waals surface area contributed by atoms with Crippen LogP contribution < -0.4 is 10.2 Å². The number of carbonyl (C=O) groups excluding carboxylic acids is 1. The molecule has 0 spiro atoms. The topological polar surface area (TPSA) is 32.3 Å². The van der Waals surface area contributed by atoms with E-state index in [9.17, 15) is 9.18 Å². The highest BCUT2D eigenvalue weighted by molar-refractivity contribution is 5.93. The Morgan fingerprint density at radius 1 is 1.37 bits per heavy atom. The molecule has 1 aliphatic rings. The van der Waals surface area contributed by atoms with Gasteiger partial charge in [-0.25, -0.2) is 4.39 Å². The van der Waals surface area contributed by atoms with Crippen molar-refractivity contribution in [1.29, 1.82) is 0 Å². The minimum Gasteiger partial charge on any atom is -0.317 e. The first-order valence-corrected chi connectivity index (χ1v) is 6.98. The van der Waals surface area contributed by atoms with Crippen LogP contribution in [0.2, 0.25) is 0 Å². The van der Waals surface area contributed by atoms with Crippen LogP contribution >= 0.6 is 0 Å². The summed E-state index contributed by atoms with van der Waals surface area (Å²) in [7, 11) is 0. The maximum absolute atomic E-state index is 13.8. The molecule has 0 saturated carbocycles. The van der Waals surface area contributed by atoms with Gasteiger partial charge in [0.15, 0.2) is 0 Å². The van der Waals surface area contributed by atoms with Gasteiger partial charge in [-0.15, -0.1) is 0 Å². The fraction of sp³-hybridized carbons (Fsp3) is 0.533. The maximum Gasteiger partial charge on any atom is 0.227 e. The Hall–Kier alpha value is -1.42. The summed E-state index contributed by atoms with van der Waals surface area (Å²) in [6.45, 7) is 4.34. The van der Waals surface area contributed by atoms with E-state index in [2.05, 4.69) is 5.32 Å². The second-order valence-corrected chi connectivity index (χ2v) is 4.99. The van der Waals surface area contributed by atoms with E-state index < -0.39 is 0 Å². The van der Waals surface area contributed by atoms with E-state index in [-0.39, 0.29) is 11.7 Å². The van der Waals surface area contributed by atoms with E-state index in [0.29, 0.717) is 24.6 Å². The average Bonchev–Trinajstić information content (AvgIpc) is 2.43. The van der Waals surface area contributed by atoms with E-state index >= 15 is 0 Å². The average molecular weight is 264 g/mol. The molecule has 1 saturated heterocycles. The lowest BCUT2D eigenvalue weighted by molar-refractivity contribution is -0.119. The van der Waals surface area contributed by atoms with Gasteiger partial charge in [0.1, 0.15) is 5.82 Å². The number of para-hydroxylation sites is 1. The number of nitrogens with one attached hydrogen (secondary N) is 1. The quantitative estimate of drug-likeness (QED) is 0.906. The molecule has 1 N–H and O–H groups in total. The summed E-state index contributed by atoms with van der Waals surface area (Å²) in [5, 5.41) is 3.29. The van der Waals surface area contributed by atoms with Gasteiger partial charge in [0.2, 0.25) is 5.91 Å². The summed E-state index contributed by atoms with van der Waals surface area (Å²) in [5.74, 6) is 0.122. The molecule has 1 amide bonds. The van der Waals surface area contributed by atoms with Crippen molar-refractivity contribution in [3.63, 3.8) is 0 Å². The SMILES string of the molecule is CCN(C(=O)CC1CCNCC1)c1ccccc1F. The number of piperidine rings is 1. The van der Waals surface area contributed by atoms with Crippen LogP contribution in [0.1, 0.15) is 26.2 Å². The molecule has 1 heterocycles. The summed E-state index contributed by atoms with van der Waals surface area (Å²) >= 11 is 0. The Labute approximate surface area is 113 Å². The van der Waals surface area contributed by atoms with Crippen LogP contribution in [0.4, 0.5) is 10.1 Å². The summed E-state index contributed by atoms with van der Waals surface area (Å²) in [6.07, 6.45) is 2.57. The molecule has 1 aromatic carbocycles. The van der Waals surface area contributed by atoms with Gasteiger partial charge in [-0.05, 0) is 50.9 Å². The van der Waals surface area contributed by atoms with Gasteiger partial charge in [-0.2, -0.15) is 0 Å². The van der Waals surface area contributed by atoms with Crippen molar-refractivity contribution in [2.75, 3.05) is 24.5 Å². The molecular weight excluding hydrogens is 243 g/mol. The minimum absolute atomic E-state index is 0.0273. The summed E-state index contributed by atoms with van der Waals surface area (Å²) < 4.78 is 13.8. The van der Waals surface area contributed by atoms with Gasteiger partial charge in [0.25, 0.3) is 0 Å². The standard InChI is InChI=1S/C15H21FN2O/c1-2-18(14-6-4-3-5-13(14)16)15(19)11-12-7-9-17-10-8-12/h3-6,12,17H,2,7-11H2,1H3. The van der Waals surface area contributed by atoms with Gasteiger partial charge in [0.05, 0.1) is 5.69 Å². The Morgan fingerprint density at radius 3 is 2.68 bits per heavy atom. The number of hydrogen-bond acceptors (Lipinski definition) is 2. The summed E-state index contributed by atoms with van der Waals surface area (Å²) in [6, 6.07) is 6.47. The van der Waals surface area contributed by atoms with Crippen LogP contribution in [0.25, 0.3) is 0 Å². The van der Waals surface area contributed by atoms with Gasteiger partial charge >= 0.3 is 0 Å². The predicted octanol–water partition coefficient (Wildman–Crippen LogP) is 2.57. The fourth-order valence-electron chi connectivity index (χ4n) is 2.59. The molecule has 4 heteroatoms. The molecule has 0 bridgehead atoms. The maximum atomic E-state index is 13.8. The molecule has 0 aromatic heterocycles. The number of anilines is 1. The molecule has 0 radical (unpaired) electrons. The van der Waals surface area contributed by atoms with E-state index in [4.69, 9.17) is 0 Å². The van der Waals surface area contributed by atoms with E-state index in [1.54, 1.807) is 23.1 Å². The number of rotatable bonds is 4. The smallest absolute Gasteiger partial charge is 0.227 e. The monoisotopic (exact) mass is 264 g/mol. The number of amides is 1.